The van der Waals surface area contributed by atoms with Crippen LogP contribution in [-0.4, -0.2) is 34.0 Å². The van der Waals surface area contributed by atoms with Crippen molar-refractivity contribution < 1.29 is 23.8 Å². The third kappa shape index (κ3) is 6.93. The second kappa shape index (κ2) is 11.6. The Balaban J connectivity index is 1.38. The monoisotopic (exact) mass is 537 g/mol. The molecule has 5 nitrogen and oxygen atoms in total. The van der Waals surface area contributed by atoms with Crippen molar-refractivity contribution in [3.8, 4) is 5.75 Å². The van der Waals surface area contributed by atoms with E-state index >= 15 is 0 Å². The van der Waals surface area contributed by atoms with E-state index in [1.54, 1.807) is 0 Å². The molecule has 1 atom stereocenters. The molecule has 0 bridgehead atoms. The van der Waals surface area contributed by atoms with Crippen molar-refractivity contribution in [3.05, 3.63) is 99.3 Å². The molecule has 1 aliphatic rings. The minimum atomic E-state index is -1.12. The van der Waals surface area contributed by atoms with Crippen LogP contribution in [0.25, 0.3) is 0 Å². The van der Waals surface area contributed by atoms with Crippen molar-refractivity contribution in [3.63, 3.8) is 0 Å². The number of carboxylic acid groups (broad SMARTS) is 1. The molecule has 0 spiro atoms. The molecule has 0 saturated carbocycles. The zero-order chi connectivity index (χ0) is 27.4. The van der Waals surface area contributed by atoms with Gasteiger partial charge in [-0.25, -0.2) is 4.39 Å². The molecular formula is C31H33ClFNO4. The minimum Gasteiger partial charge on any atom is -0.487 e. The molecular weight excluding hydrogens is 505 g/mol. The lowest BCUT2D eigenvalue weighted by Gasteiger charge is -2.24. The number of amides is 1. The highest BCUT2D eigenvalue weighted by atomic mass is 35.5. The highest BCUT2D eigenvalue weighted by molar-refractivity contribution is 6.31. The summed E-state index contributed by atoms with van der Waals surface area (Å²) in [6.45, 7) is 6.03. The highest BCUT2D eigenvalue weighted by Gasteiger charge is 2.35. The number of benzene rings is 3. The van der Waals surface area contributed by atoms with Crippen molar-refractivity contribution in [2.45, 2.75) is 64.5 Å². The fourth-order valence-corrected chi connectivity index (χ4v) is 5.17. The van der Waals surface area contributed by atoms with Gasteiger partial charge in [0.2, 0.25) is 5.91 Å². The summed E-state index contributed by atoms with van der Waals surface area (Å²) in [5, 5.41) is 9.47. The molecule has 7 heteroatoms. The number of aliphatic carboxylic acids is 1. The van der Waals surface area contributed by atoms with Gasteiger partial charge in [-0.05, 0) is 65.3 Å². The molecule has 3 aromatic carbocycles. The van der Waals surface area contributed by atoms with Gasteiger partial charge in [0.1, 0.15) is 23.7 Å². The Morgan fingerprint density at radius 3 is 2.45 bits per heavy atom. The van der Waals surface area contributed by atoms with Gasteiger partial charge in [-0.1, -0.05) is 67.9 Å². The second-order valence-electron chi connectivity index (χ2n) is 10.6. The minimum absolute atomic E-state index is 0.00121. The number of halogens is 2. The van der Waals surface area contributed by atoms with Gasteiger partial charge in [0, 0.05) is 30.8 Å². The van der Waals surface area contributed by atoms with Gasteiger partial charge in [-0.2, -0.15) is 0 Å². The van der Waals surface area contributed by atoms with Crippen LogP contribution in [0.15, 0.2) is 60.7 Å². The normalized spacial score (nSPS) is 16.3. The molecule has 3 aromatic rings. The average molecular weight is 538 g/mol. The number of nitrogens with zero attached hydrogens (tertiary/aromatic N) is 1. The fourth-order valence-electron chi connectivity index (χ4n) is 4.94. The molecule has 0 aliphatic carbocycles. The van der Waals surface area contributed by atoms with E-state index in [9.17, 15) is 19.1 Å². The molecule has 0 saturated heterocycles. The van der Waals surface area contributed by atoms with Crippen molar-refractivity contribution in [1.82, 2.24) is 4.90 Å². The number of aryl methyl sites for hydroxylation is 1. The summed E-state index contributed by atoms with van der Waals surface area (Å²) in [4.78, 5) is 25.6. The van der Waals surface area contributed by atoms with Gasteiger partial charge >= 0.3 is 5.97 Å². The van der Waals surface area contributed by atoms with Gasteiger partial charge in [0.25, 0.3) is 0 Å². The van der Waals surface area contributed by atoms with Gasteiger partial charge in [-0.15, -0.1) is 0 Å². The molecule has 38 heavy (non-hydrogen) atoms. The maximum absolute atomic E-state index is 13.4. The van der Waals surface area contributed by atoms with E-state index < -0.39 is 18.3 Å². The zero-order valence-electron chi connectivity index (χ0n) is 22.0. The summed E-state index contributed by atoms with van der Waals surface area (Å²) >= 11 is 6.10. The molecule has 200 valence electrons. The Morgan fingerprint density at radius 1 is 1.08 bits per heavy atom. The molecule has 1 unspecified atom stereocenters. The predicted octanol–water partition coefficient (Wildman–Crippen LogP) is 6.58. The van der Waals surface area contributed by atoms with Crippen LogP contribution in [0.5, 0.6) is 5.75 Å². The van der Waals surface area contributed by atoms with Crippen LogP contribution in [0.3, 0.4) is 0 Å². The lowest BCUT2D eigenvalue weighted by Crippen LogP contribution is -2.35. The number of carbonyl (C=O) groups excluding carboxylic acids is 1. The quantitative estimate of drug-likeness (QED) is 0.317. The second-order valence-corrected chi connectivity index (χ2v) is 11.0. The number of ether oxygens (including phenoxy) is 1. The summed E-state index contributed by atoms with van der Waals surface area (Å²) in [7, 11) is 0. The third-order valence-corrected chi connectivity index (χ3v) is 7.30. The van der Waals surface area contributed by atoms with E-state index in [4.69, 9.17) is 16.3 Å². The lowest BCUT2D eigenvalue weighted by atomic mass is 9.90. The first kappa shape index (κ1) is 27.6. The number of hydrogen-bond acceptors (Lipinski definition) is 3. The molecule has 1 amide bonds. The van der Waals surface area contributed by atoms with Gasteiger partial charge in [-0.3, -0.25) is 9.59 Å². The number of fused-ring (bicyclic) bond motifs is 1. The third-order valence-electron chi connectivity index (χ3n) is 6.95. The predicted molar refractivity (Wildman–Crippen MR) is 146 cm³/mol. The fraction of sp³-hybridized carbons (Fsp3) is 0.355. The summed E-state index contributed by atoms with van der Waals surface area (Å²) in [5.41, 5.74) is 4.79. The largest absolute Gasteiger partial charge is 0.487 e. The van der Waals surface area contributed by atoms with E-state index in [1.807, 2.05) is 12.1 Å². The van der Waals surface area contributed by atoms with Crippen molar-refractivity contribution in [2.24, 2.45) is 0 Å². The maximum atomic E-state index is 13.4. The Labute approximate surface area is 228 Å². The molecule has 0 radical (unpaired) electrons. The topological polar surface area (TPSA) is 66.8 Å². The molecule has 0 fully saturated rings. The highest BCUT2D eigenvalue weighted by Crippen LogP contribution is 2.38. The molecule has 1 aliphatic heterocycles. The van der Waals surface area contributed by atoms with Crippen LogP contribution < -0.4 is 4.74 Å². The van der Waals surface area contributed by atoms with Gasteiger partial charge < -0.3 is 14.7 Å². The first-order chi connectivity index (χ1) is 18.0. The molecule has 1 N–H and O–H groups in total. The molecule has 4 rings (SSSR count). The number of carboxylic acids is 1. The molecule has 0 aromatic heterocycles. The number of hydrogen-bond donors (Lipinski definition) is 1. The van der Waals surface area contributed by atoms with Crippen molar-refractivity contribution >= 4 is 23.5 Å². The van der Waals surface area contributed by atoms with Crippen LogP contribution in [0, 0.1) is 5.82 Å². The first-order valence-corrected chi connectivity index (χ1v) is 13.2. The van der Waals surface area contributed by atoms with E-state index in [-0.39, 0.29) is 29.5 Å². The Bertz CT molecular complexity index is 1320. The smallest absolute Gasteiger partial charge is 0.323 e. The summed E-state index contributed by atoms with van der Waals surface area (Å²) in [5.74, 6) is -0.562. The van der Waals surface area contributed by atoms with Crippen LogP contribution in [-0.2, 0) is 35.4 Å². The van der Waals surface area contributed by atoms with Gasteiger partial charge in [0.05, 0.1) is 0 Å². The summed E-state index contributed by atoms with van der Waals surface area (Å²) < 4.78 is 19.7. The van der Waals surface area contributed by atoms with Crippen molar-refractivity contribution in [1.29, 1.82) is 0 Å². The summed E-state index contributed by atoms with van der Waals surface area (Å²) in [6, 6.07) is 18.6. The van der Waals surface area contributed by atoms with E-state index in [0.29, 0.717) is 17.9 Å². The van der Waals surface area contributed by atoms with E-state index in [0.717, 1.165) is 35.8 Å². The molecule has 1 heterocycles. The van der Waals surface area contributed by atoms with Crippen LogP contribution in [0.1, 0.15) is 60.9 Å². The number of carbonyl (C=O) groups is 2. The van der Waals surface area contributed by atoms with Crippen LogP contribution in [0.2, 0.25) is 5.02 Å². The SMILES string of the molecule is CC(C)c1ccc(CC2(C)Cc3cc(CCC(=O)N(CC(=O)O)Cc4ccc(F)cc4Cl)ccc3O2)cc1. The Hall–Kier alpha value is -3.38. The Kier molecular flexibility index (Phi) is 8.41. The van der Waals surface area contributed by atoms with Crippen molar-refractivity contribution in [2.75, 3.05) is 6.54 Å². The average Bonchev–Trinajstić information content (AvgIpc) is 3.18. The van der Waals surface area contributed by atoms with E-state index in [2.05, 4.69) is 51.1 Å². The zero-order valence-corrected chi connectivity index (χ0v) is 22.7. The summed E-state index contributed by atoms with van der Waals surface area (Å²) in [6.07, 6.45) is 2.17. The van der Waals surface area contributed by atoms with Gasteiger partial charge in [0.15, 0.2) is 0 Å². The maximum Gasteiger partial charge on any atom is 0.323 e. The first-order valence-electron chi connectivity index (χ1n) is 12.8. The lowest BCUT2D eigenvalue weighted by molar-refractivity contribution is -0.144. The Morgan fingerprint density at radius 2 is 1.79 bits per heavy atom. The number of rotatable bonds is 10. The van der Waals surface area contributed by atoms with Crippen LogP contribution in [0.4, 0.5) is 4.39 Å². The van der Waals surface area contributed by atoms with E-state index in [1.165, 1.54) is 28.2 Å². The standard InChI is InChI=1S/C31H33ClFNO4/c1-20(2)23-8-4-22(5-9-23)16-31(3)17-25-14-21(6-12-28(25)38-31)7-13-29(35)34(19-30(36)37)18-24-10-11-26(33)15-27(24)32/h4-6,8-12,14-15,20H,7,13,16-19H2,1-3H3,(H,36,37). The van der Waals surface area contributed by atoms with Crippen LogP contribution >= 0.6 is 11.6 Å².